The van der Waals surface area contributed by atoms with Gasteiger partial charge in [0, 0.05) is 36.1 Å². The van der Waals surface area contributed by atoms with E-state index in [1.54, 1.807) is 0 Å². The van der Waals surface area contributed by atoms with Crippen molar-refractivity contribution in [1.82, 2.24) is 9.88 Å². The molecule has 1 saturated heterocycles. The van der Waals surface area contributed by atoms with E-state index in [0.717, 1.165) is 32.4 Å². The van der Waals surface area contributed by atoms with Crippen LogP contribution in [0.3, 0.4) is 0 Å². The highest BCUT2D eigenvalue weighted by Crippen LogP contribution is 2.35. The van der Waals surface area contributed by atoms with Crippen LogP contribution in [0.25, 0.3) is 10.9 Å². The summed E-state index contributed by atoms with van der Waals surface area (Å²) in [5.74, 6) is 1.20. The van der Waals surface area contributed by atoms with Crippen molar-refractivity contribution in [3.63, 3.8) is 0 Å². The maximum atomic E-state index is 12.3. The Kier molecular flexibility index (Phi) is 3.02. The van der Waals surface area contributed by atoms with Crippen LogP contribution in [-0.2, 0) is 4.79 Å². The average Bonchev–Trinajstić information content (AvgIpc) is 3.26. The molecule has 0 bridgehead atoms. The first kappa shape index (κ1) is 12.9. The number of rotatable bonds is 2. The summed E-state index contributed by atoms with van der Waals surface area (Å²) in [6.45, 7) is 3.97. The molecular formula is C18H22N2O. The smallest absolute Gasteiger partial charge is 0.225 e. The van der Waals surface area contributed by atoms with Crippen LogP contribution < -0.4 is 0 Å². The molecule has 1 saturated carbocycles. The van der Waals surface area contributed by atoms with Gasteiger partial charge in [-0.2, -0.15) is 0 Å². The average molecular weight is 282 g/mol. The minimum Gasteiger partial charge on any atom is -0.358 e. The van der Waals surface area contributed by atoms with Crippen LogP contribution in [-0.4, -0.2) is 28.9 Å². The maximum Gasteiger partial charge on any atom is 0.225 e. The van der Waals surface area contributed by atoms with Crippen molar-refractivity contribution >= 4 is 16.8 Å². The highest BCUT2D eigenvalue weighted by Gasteiger charge is 2.35. The lowest BCUT2D eigenvalue weighted by Crippen LogP contribution is -2.40. The lowest BCUT2D eigenvalue weighted by Gasteiger charge is -2.32. The van der Waals surface area contributed by atoms with Gasteiger partial charge < -0.3 is 9.88 Å². The molecule has 1 amide bonds. The van der Waals surface area contributed by atoms with Crippen molar-refractivity contribution in [2.45, 2.75) is 38.5 Å². The van der Waals surface area contributed by atoms with E-state index in [0.29, 0.717) is 17.7 Å². The number of aryl methyl sites for hydroxylation is 1. The van der Waals surface area contributed by atoms with Gasteiger partial charge in [-0.1, -0.05) is 11.6 Å². The van der Waals surface area contributed by atoms with Crippen molar-refractivity contribution < 1.29 is 4.79 Å². The minimum absolute atomic E-state index is 0.342. The Labute approximate surface area is 125 Å². The topological polar surface area (TPSA) is 36.1 Å². The van der Waals surface area contributed by atoms with E-state index in [1.807, 2.05) is 0 Å². The fraction of sp³-hybridized carbons (Fsp3) is 0.500. The van der Waals surface area contributed by atoms with Crippen LogP contribution in [0.15, 0.2) is 24.3 Å². The van der Waals surface area contributed by atoms with Gasteiger partial charge in [-0.15, -0.1) is 0 Å². The number of hydrogen-bond donors (Lipinski definition) is 1. The summed E-state index contributed by atoms with van der Waals surface area (Å²) in [4.78, 5) is 17.9. The molecule has 0 radical (unpaired) electrons. The van der Waals surface area contributed by atoms with Gasteiger partial charge in [-0.25, -0.2) is 0 Å². The zero-order chi connectivity index (χ0) is 14.4. The van der Waals surface area contributed by atoms with Gasteiger partial charge >= 0.3 is 0 Å². The summed E-state index contributed by atoms with van der Waals surface area (Å²) < 4.78 is 0. The van der Waals surface area contributed by atoms with Crippen LogP contribution in [0.4, 0.5) is 0 Å². The summed E-state index contributed by atoms with van der Waals surface area (Å²) in [5, 5.41) is 1.29. The van der Waals surface area contributed by atoms with Gasteiger partial charge in [-0.05, 0) is 56.2 Å². The van der Waals surface area contributed by atoms with E-state index in [2.05, 4.69) is 41.1 Å². The number of fused-ring (bicyclic) bond motifs is 1. The molecule has 2 fully saturated rings. The van der Waals surface area contributed by atoms with E-state index in [-0.39, 0.29) is 0 Å². The number of aromatic amines is 1. The number of nitrogens with one attached hydrogen (secondary N) is 1. The van der Waals surface area contributed by atoms with E-state index >= 15 is 0 Å². The SMILES string of the molecule is Cc1ccc2[nH]c(C3CCCN(C(=O)C4CC4)C3)cc2c1. The number of amides is 1. The number of carbonyl (C=O) groups excluding carboxylic acids is 1. The number of piperidine rings is 1. The largest absolute Gasteiger partial charge is 0.358 e. The molecule has 1 aromatic heterocycles. The Bertz CT molecular complexity index is 684. The molecule has 1 aliphatic heterocycles. The summed E-state index contributed by atoms with van der Waals surface area (Å²) in [5.41, 5.74) is 3.80. The highest BCUT2D eigenvalue weighted by atomic mass is 16.2. The molecule has 110 valence electrons. The quantitative estimate of drug-likeness (QED) is 0.897. The molecular weight excluding hydrogens is 260 g/mol. The second-order valence-electron chi connectivity index (χ2n) is 6.71. The van der Waals surface area contributed by atoms with E-state index in [9.17, 15) is 4.79 Å². The zero-order valence-corrected chi connectivity index (χ0v) is 12.6. The Morgan fingerprint density at radius 2 is 2.10 bits per heavy atom. The van der Waals surface area contributed by atoms with Crippen LogP contribution in [0, 0.1) is 12.8 Å². The summed E-state index contributed by atoms with van der Waals surface area (Å²) >= 11 is 0. The minimum atomic E-state index is 0.342. The number of aromatic nitrogens is 1. The fourth-order valence-electron chi connectivity index (χ4n) is 3.51. The normalized spacial score (nSPS) is 22.7. The Balaban J connectivity index is 1.57. The number of benzene rings is 1. The number of likely N-dealkylation sites (tertiary alicyclic amines) is 1. The first-order valence-corrected chi connectivity index (χ1v) is 8.09. The number of hydrogen-bond acceptors (Lipinski definition) is 1. The molecule has 2 heterocycles. The third kappa shape index (κ3) is 2.45. The summed E-state index contributed by atoms with van der Waals surface area (Å²) in [7, 11) is 0. The van der Waals surface area contributed by atoms with E-state index in [4.69, 9.17) is 0 Å². The van der Waals surface area contributed by atoms with Gasteiger partial charge in [0.2, 0.25) is 5.91 Å². The first-order chi connectivity index (χ1) is 10.2. The van der Waals surface area contributed by atoms with E-state index in [1.165, 1.54) is 28.6 Å². The Morgan fingerprint density at radius 1 is 1.24 bits per heavy atom. The summed E-state index contributed by atoms with van der Waals surface area (Å²) in [6.07, 6.45) is 4.51. The van der Waals surface area contributed by atoms with E-state index < -0.39 is 0 Å². The van der Waals surface area contributed by atoms with Crippen molar-refractivity contribution in [2.24, 2.45) is 5.92 Å². The Hall–Kier alpha value is -1.77. The molecule has 0 spiro atoms. The Morgan fingerprint density at radius 3 is 2.90 bits per heavy atom. The van der Waals surface area contributed by atoms with Gasteiger partial charge in [0.1, 0.15) is 0 Å². The second-order valence-corrected chi connectivity index (χ2v) is 6.71. The predicted molar refractivity (Wildman–Crippen MR) is 84.3 cm³/mol. The predicted octanol–water partition coefficient (Wildman–Crippen LogP) is 3.59. The molecule has 2 aromatic rings. The lowest BCUT2D eigenvalue weighted by molar-refractivity contribution is -0.133. The fourth-order valence-corrected chi connectivity index (χ4v) is 3.51. The molecule has 2 aliphatic rings. The molecule has 3 heteroatoms. The monoisotopic (exact) mass is 282 g/mol. The van der Waals surface area contributed by atoms with Crippen LogP contribution in [0.1, 0.15) is 42.9 Å². The van der Waals surface area contributed by atoms with Crippen molar-refractivity contribution in [2.75, 3.05) is 13.1 Å². The third-order valence-corrected chi connectivity index (χ3v) is 4.90. The van der Waals surface area contributed by atoms with Gasteiger partial charge in [0.25, 0.3) is 0 Å². The van der Waals surface area contributed by atoms with Crippen LogP contribution in [0.2, 0.25) is 0 Å². The molecule has 1 atom stereocenters. The van der Waals surface area contributed by atoms with Crippen LogP contribution in [0.5, 0.6) is 0 Å². The van der Waals surface area contributed by atoms with Crippen LogP contribution >= 0.6 is 0 Å². The van der Waals surface area contributed by atoms with Gasteiger partial charge in [-0.3, -0.25) is 4.79 Å². The van der Waals surface area contributed by atoms with Gasteiger partial charge in [0.15, 0.2) is 0 Å². The maximum absolute atomic E-state index is 12.3. The first-order valence-electron chi connectivity index (χ1n) is 8.09. The number of nitrogens with zero attached hydrogens (tertiary/aromatic N) is 1. The highest BCUT2D eigenvalue weighted by molar-refractivity contribution is 5.82. The van der Waals surface area contributed by atoms with Crippen molar-refractivity contribution in [1.29, 1.82) is 0 Å². The molecule has 1 unspecified atom stereocenters. The zero-order valence-electron chi connectivity index (χ0n) is 12.6. The standard InChI is InChI=1S/C18H22N2O/c1-12-4-7-16-15(9-12)10-17(19-16)14-3-2-8-20(11-14)18(21)13-5-6-13/h4,7,9-10,13-14,19H,2-3,5-6,8,11H2,1H3. The molecule has 3 nitrogen and oxygen atoms in total. The molecule has 21 heavy (non-hydrogen) atoms. The summed E-state index contributed by atoms with van der Waals surface area (Å²) in [6, 6.07) is 8.81. The molecule has 1 aromatic carbocycles. The number of carbonyl (C=O) groups is 1. The number of H-pyrrole nitrogens is 1. The van der Waals surface area contributed by atoms with Gasteiger partial charge in [0.05, 0.1) is 0 Å². The van der Waals surface area contributed by atoms with Crippen molar-refractivity contribution in [3.05, 3.63) is 35.5 Å². The third-order valence-electron chi connectivity index (χ3n) is 4.90. The molecule has 4 rings (SSSR count). The van der Waals surface area contributed by atoms with Crippen molar-refractivity contribution in [3.8, 4) is 0 Å². The second kappa shape index (κ2) is 4.90. The molecule has 1 aliphatic carbocycles. The molecule has 1 N–H and O–H groups in total. The lowest BCUT2D eigenvalue weighted by atomic mass is 9.94.